The maximum Gasteiger partial charge on any atom is 0.454 e. The molecule has 0 N–H and O–H groups in total. The number of aromatic nitrogens is 1. The summed E-state index contributed by atoms with van der Waals surface area (Å²) in [5.74, 6) is -0.721. The van der Waals surface area contributed by atoms with Crippen molar-refractivity contribution in [2.75, 3.05) is 13.7 Å². The summed E-state index contributed by atoms with van der Waals surface area (Å²) < 4.78 is 51.7. The second kappa shape index (κ2) is 7.96. The molecule has 0 unspecified atom stereocenters. The summed E-state index contributed by atoms with van der Waals surface area (Å²) >= 11 is 0. The standard InChI is InChI=1S/C21H20F3NO3/c1-3-14-7-6-8-15-16(20(26)21(22,23)24)13-25(19(14)15)11-12-28-18-10-5-4-9-17(18)27-2/h4-10,13H,3,11-12H2,1-2H3. The summed E-state index contributed by atoms with van der Waals surface area (Å²) in [6.45, 7) is 2.42. The lowest BCUT2D eigenvalue weighted by molar-refractivity contribution is -0.0884. The highest BCUT2D eigenvalue weighted by Crippen LogP contribution is 2.31. The van der Waals surface area contributed by atoms with Gasteiger partial charge >= 0.3 is 6.18 Å². The quantitative estimate of drug-likeness (QED) is 0.530. The summed E-state index contributed by atoms with van der Waals surface area (Å²) in [6.07, 6.45) is -3.02. The molecule has 0 saturated carbocycles. The Morgan fingerprint density at radius 3 is 2.43 bits per heavy atom. The van der Waals surface area contributed by atoms with Crippen LogP contribution >= 0.6 is 0 Å². The Hall–Kier alpha value is -2.96. The molecule has 0 aliphatic carbocycles. The number of nitrogens with zero attached hydrogens (tertiary/aromatic N) is 1. The molecule has 0 saturated heterocycles. The van der Waals surface area contributed by atoms with Crippen LogP contribution < -0.4 is 9.47 Å². The van der Waals surface area contributed by atoms with Crippen molar-refractivity contribution in [3.8, 4) is 11.5 Å². The summed E-state index contributed by atoms with van der Waals surface area (Å²) in [5.41, 5.74) is 1.16. The monoisotopic (exact) mass is 391 g/mol. The fourth-order valence-electron chi connectivity index (χ4n) is 3.23. The van der Waals surface area contributed by atoms with E-state index in [1.807, 2.05) is 19.1 Å². The first-order valence-corrected chi connectivity index (χ1v) is 8.84. The van der Waals surface area contributed by atoms with Crippen LogP contribution in [0.3, 0.4) is 0 Å². The van der Waals surface area contributed by atoms with Gasteiger partial charge in [-0.1, -0.05) is 37.3 Å². The van der Waals surface area contributed by atoms with Crippen molar-refractivity contribution in [2.45, 2.75) is 26.1 Å². The van der Waals surface area contributed by atoms with Gasteiger partial charge in [-0.3, -0.25) is 4.79 Å². The van der Waals surface area contributed by atoms with Gasteiger partial charge in [-0.15, -0.1) is 0 Å². The maximum absolute atomic E-state index is 13.0. The molecule has 1 heterocycles. The first kappa shape index (κ1) is 19.8. The van der Waals surface area contributed by atoms with Gasteiger partial charge in [0.2, 0.25) is 0 Å². The second-order valence-electron chi connectivity index (χ2n) is 6.23. The molecular weight excluding hydrogens is 371 g/mol. The molecule has 0 bridgehead atoms. The van der Waals surface area contributed by atoms with E-state index >= 15 is 0 Å². The molecule has 1 aromatic heterocycles. The number of carbonyl (C=O) groups excluding carboxylic acids is 1. The van der Waals surface area contributed by atoms with E-state index in [0.717, 1.165) is 5.56 Å². The number of fused-ring (bicyclic) bond motifs is 1. The molecule has 0 atom stereocenters. The lowest BCUT2D eigenvalue weighted by Crippen LogP contribution is -2.22. The second-order valence-corrected chi connectivity index (χ2v) is 6.23. The van der Waals surface area contributed by atoms with Gasteiger partial charge in [-0.25, -0.2) is 0 Å². The normalized spacial score (nSPS) is 11.6. The van der Waals surface area contributed by atoms with Crippen LogP contribution in [0.15, 0.2) is 48.7 Å². The third kappa shape index (κ3) is 3.83. The fourth-order valence-corrected chi connectivity index (χ4v) is 3.23. The van der Waals surface area contributed by atoms with Gasteiger partial charge in [0.05, 0.1) is 24.7 Å². The van der Waals surface area contributed by atoms with Gasteiger partial charge in [0.1, 0.15) is 6.61 Å². The predicted octanol–water partition coefficient (Wildman–Crippen LogP) is 5.04. The predicted molar refractivity (Wildman–Crippen MR) is 100 cm³/mol. The number of methoxy groups -OCH3 is 1. The molecule has 0 radical (unpaired) electrons. The Morgan fingerprint density at radius 1 is 1.07 bits per heavy atom. The SMILES string of the molecule is CCc1cccc2c(C(=O)C(F)(F)F)cn(CCOc3ccccc3OC)c12. The Kier molecular flexibility index (Phi) is 5.63. The third-order valence-corrected chi connectivity index (χ3v) is 4.52. The van der Waals surface area contributed by atoms with Crippen molar-refractivity contribution in [3.63, 3.8) is 0 Å². The van der Waals surface area contributed by atoms with Crippen LogP contribution in [0.1, 0.15) is 22.8 Å². The number of rotatable bonds is 7. The van der Waals surface area contributed by atoms with E-state index in [2.05, 4.69) is 0 Å². The molecular formula is C21H20F3NO3. The Morgan fingerprint density at radius 2 is 1.79 bits per heavy atom. The summed E-state index contributed by atoms with van der Waals surface area (Å²) in [7, 11) is 1.53. The van der Waals surface area contributed by atoms with Gasteiger partial charge in [-0.05, 0) is 24.1 Å². The lowest BCUT2D eigenvalue weighted by atomic mass is 10.0. The Labute approximate surface area is 160 Å². The first-order valence-electron chi connectivity index (χ1n) is 8.84. The molecule has 28 heavy (non-hydrogen) atoms. The van der Waals surface area contributed by atoms with Crippen LogP contribution in [0, 0.1) is 0 Å². The number of carbonyl (C=O) groups is 1. The van der Waals surface area contributed by atoms with E-state index in [9.17, 15) is 18.0 Å². The highest BCUT2D eigenvalue weighted by Gasteiger charge is 2.41. The lowest BCUT2D eigenvalue weighted by Gasteiger charge is -2.12. The summed E-state index contributed by atoms with van der Waals surface area (Å²) in [6, 6.07) is 12.2. The van der Waals surface area contributed by atoms with Crippen molar-refractivity contribution in [1.29, 1.82) is 0 Å². The van der Waals surface area contributed by atoms with Crippen molar-refractivity contribution >= 4 is 16.7 Å². The van der Waals surface area contributed by atoms with E-state index in [-0.39, 0.29) is 18.7 Å². The minimum Gasteiger partial charge on any atom is -0.493 e. The largest absolute Gasteiger partial charge is 0.493 e. The first-order chi connectivity index (χ1) is 13.4. The van der Waals surface area contributed by atoms with Crippen LogP contribution in [0.5, 0.6) is 11.5 Å². The van der Waals surface area contributed by atoms with Gasteiger partial charge < -0.3 is 14.0 Å². The maximum atomic E-state index is 13.0. The van der Waals surface area contributed by atoms with Crippen molar-refractivity contribution in [1.82, 2.24) is 4.57 Å². The van der Waals surface area contributed by atoms with Crippen molar-refractivity contribution < 1.29 is 27.4 Å². The molecule has 0 aliphatic heterocycles. The Bertz CT molecular complexity index is 992. The Balaban J connectivity index is 1.93. The molecule has 0 fully saturated rings. The smallest absolute Gasteiger partial charge is 0.454 e. The van der Waals surface area contributed by atoms with Gasteiger partial charge in [-0.2, -0.15) is 13.2 Å². The molecule has 4 nitrogen and oxygen atoms in total. The average molecular weight is 391 g/mol. The van der Waals surface area contributed by atoms with Crippen molar-refractivity contribution in [3.05, 3.63) is 59.8 Å². The topological polar surface area (TPSA) is 40.5 Å². The van der Waals surface area contributed by atoms with E-state index in [1.54, 1.807) is 34.9 Å². The molecule has 7 heteroatoms. The third-order valence-electron chi connectivity index (χ3n) is 4.52. The number of para-hydroxylation sites is 3. The number of ketones is 1. The number of hydrogen-bond acceptors (Lipinski definition) is 3. The van der Waals surface area contributed by atoms with Crippen LogP contribution in [0.2, 0.25) is 0 Å². The molecule has 0 aliphatic rings. The minimum absolute atomic E-state index is 0.210. The zero-order valence-electron chi connectivity index (χ0n) is 15.5. The van der Waals surface area contributed by atoms with Crippen LogP contribution in [-0.4, -0.2) is 30.2 Å². The minimum atomic E-state index is -4.92. The molecule has 2 aromatic carbocycles. The fraction of sp³-hybridized carbons (Fsp3) is 0.286. The highest BCUT2D eigenvalue weighted by molar-refractivity contribution is 6.11. The van der Waals surface area contributed by atoms with Gasteiger partial charge in [0.25, 0.3) is 5.78 Å². The summed E-state index contributed by atoms with van der Waals surface area (Å²) in [5, 5.41) is 0.305. The zero-order valence-corrected chi connectivity index (χ0v) is 15.5. The van der Waals surface area contributed by atoms with E-state index in [4.69, 9.17) is 9.47 Å². The number of hydrogen-bond donors (Lipinski definition) is 0. The van der Waals surface area contributed by atoms with Gasteiger partial charge in [0.15, 0.2) is 11.5 Å². The van der Waals surface area contributed by atoms with Crippen LogP contribution in [0.4, 0.5) is 13.2 Å². The number of alkyl halides is 3. The highest BCUT2D eigenvalue weighted by atomic mass is 19.4. The number of benzene rings is 2. The molecule has 0 spiro atoms. The van der Waals surface area contributed by atoms with Crippen molar-refractivity contribution in [2.24, 2.45) is 0 Å². The van der Waals surface area contributed by atoms with E-state index in [0.29, 0.717) is 28.8 Å². The number of ether oxygens (including phenoxy) is 2. The molecule has 3 rings (SSSR count). The summed E-state index contributed by atoms with van der Waals surface area (Å²) in [4.78, 5) is 11.9. The van der Waals surface area contributed by atoms with Gasteiger partial charge in [0, 0.05) is 11.6 Å². The van der Waals surface area contributed by atoms with E-state index < -0.39 is 12.0 Å². The average Bonchev–Trinajstić information content (AvgIpc) is 3.05. The molecule has 3 aromatic rings. The number of Topliss-reactive ketones (excluding diaryl/α,β-unsaturated/α-hetero) is 1. The molecule has 0 amide bonds. The number of aryl methyl sites for hydroxylation is 1. The van der Waals surface area contributed by atoms with E-state index in [1.165, 1.54) is 13.3 Å². The number of halogens is 3. The van der Waals surface area contributed by atoms with Crippen LogP contribution in [-0.2, 0) is 13.0 Å². The zero-order chi connectivity index (χ0) is 20.3. The molecule has 148 valence electrons. The van der Waals surface area contributed by atoms with Crippen LogP contribution in [0.25, 0.3) is 10.9 Å².